The van der Waals surface area contributed by atoms with Crippen LogP contribution in [0.5, 0.6) is 5.75 Å². The first kappa shape index (κ1) is 15.6. The predicted octanol–water partition coefficient (Wildman–Crippen LogP) is 2.98. The SMILES string of the molecule is OCc1ccc(OC(F)(F)C(F)OC(F)(F)F)cc1. The first-order valence-corrected chi connectivity index (χ1v) is 4.79. The predicted molar refractivity (Wildman–Crippen MR) is 50.0 cm³/mol. The Morgan fingerprint density at radius 3 is 2.00 bits per heavy atom. The van der Waals surface area contributed by atoms with E-state index in [9.17, 15) is 26.3 Å². The third-order valence-electron chi connectivity index (χ3n) is 1.86. The smallest absolute Gasteiger partial charge is 0.429 e. The van der Waals surface area contributed by atoms with E-state index in [1.165, 1.54) is 12.1 Å². The number of rotatable bonds is 5. The van der Waals surface area contributed by atoms with Gasteiger partial charge in [0.1, 0.15) is 5.75 Å². The third-order valence-corrected chi connectivity index (χ3v) is 1.86. The van der Waals surface area contributed by atoms with Crippen molar-refractivity contribution in [1.29, 1.82) is 0 Å². The van der Waals surface area contributed by atoms with Crippen LogP contribution in [0.4, 0.5) is 26.3 Å². The minimum atomic E-state index is -5.55. The van der Waals surface area contributed by atoms with Crippen LogP contribution < -0.4 is 4.74 Å². The number of hydrogen-bond donors (Lipinski definition) is 1. The van der Waals surface area contributed by atoms with E-state index in [1.54, 1.807) is 0 Å². The Kier molecular flexibility index (Phi) is 4.64. The molecule has 1 unspecified atom stereocenters. The Bertz CT molecular complexity index is 403. The summed E-state index contributed by atoms with van der Waals surface area (Å²) in [6.07, 6.45) is -14.4. The molecular formula is C10H8F6O3. The van der Waals surface area contributed by atoms with Crippen LogP contribution in [0.1, 0.15) is 5.56 Å². The lowest BCUT2D eigenvalue weighted by Crippen LogP contribution is -2.41. The molecule has 1 aromatic rings. The number of aliphatic hydroxyl groups is 1. The van der Waals surface area contributed by atoms with E-state index in [0.717, 1.165) is 12.1 Å². The van der Waals surface area contributed by atoms with Crippen LogP contribution >= 0.6 is 0 Å². The summed E-state index contributed by atoms with van der Waals surface area (Å²) in [7, 11) is 0. The largest absolute Gasteiger partial charge is 0.525 e. The molecule has 0 radical (unpaired) electrons. The van der Waals surface area contributed by atoms with E-state index >= 15 is 0 Å². The number of aliphatic hydroxyl groups excluding tert-OH is 1. The average molecular weight is 290 g/mol. The van der Waals surface area contributed by atoms with Crippen molar-refractivity contribution >= 4 is 0 Å². The first-order valence-electron chi connectivity index (χ1n) is 4.79. The molecule has 1 N–H and O–H groups in total. The van der Waals surface area contributed by atoms with Crippen LogP contribution in [0.15, 0.2) is 24.3 Å². The molecule has 0 bridgehead atoms. The molecule has 0 amide bonds. The van der Waals surface area contributed by atoms with Gasteiger partial charge in [-0.3, -0.25) is 0 Å². The van der Waals surface area contributed by atoms with Gasteiger partial charge in [0, 0.05) is 0 Å². The lowest BCUT2D eigenvalue weighted by molar-refractivity contribution is -0.411. The van der Waals surface area contributed by atoms with E-state index < -0.39 is 24.6 Å². The van der Waals surface area contributed by atoms with Crippen LogP contribution in [0.3, 0.4) is 0 Å². The molecule has 0 aromatic heterocycles. The zero-order valence-corrected chi connectivity index (χ0v) is 9.13. The maximum absolute atomic E-state index is 12.9. The second-order valence-electron chi connectivity index (χ2n) is 3.35. The maximum atomic E-state index is 12.9. The quantitative estimate of drug-likeness (QED) is 0.847. The second kappa shape index (κ2) is 5.66. The van der Waals surface area contributed by atoms with Crippen molar-refractivity contribution in [2.45, 2.75) is 25.4 Å². The number of ether oxygens (including phenoxy) is 2. The molecule has 0 saturated heterocycles. The maximum Gasteiger partial charge on any atom is 0.525 e. The van der Waals surface area contributed by atoms with Gasteiger partial charge in [-0.15, -0.1) is 13.2 Å². The summed E-state index contributed by atoms with van der Waals surface area (Å²) in [5.74, 6) is -0.573. The molecule has 108 valence electrons. The number of halogens is 6. The highest BCUT2D eigenvalue weighted by Crippen LogP contribution is 2.31. The van der Waals surface area contributed by atoms with Gasteiger partial charge in [0.05, 0.1) is 6.61 Å². The van der Waals surface area contributed by atoms with E-state index in [4.69, 9.17) is 5.11 Å². The fourth-order valence-electron chi connectivity index (χ4n) is 1.05. The molecule has 19 heavy (non-hydrogen) atoms. The number of alkyl halides is 6. The van der Waals surface area contributed by atoms with Gasteiger partial charge < -0.3 is 9.84 Å². The van der Waals surface area contributed by atoms with Crippen LogP contribution in [0.25, 0.3) is 0 Å². The molecule has 9 heteroatoms. The summed E-state index contributed by atoms with van der Waals surface area (Å²) in [5.41, 5.74) is 0.360. The summed E-state index contributed by atoms with van der Waals surface area (Å²) in [6.45, 7) is -0.362. The molecule has 0 aliphatic heterocycles. The van der Waals surface area contributed by atoms with Crippen molar-refractivity contribution < 1.29 is 40.9 Å². The van der Waals surface area contributed by atoms with Gasteiger partial charge in [0.25, 0.3) is 0 Å². The summed E-state index contributed by atoms with van der Waals surface area (Å²) in [4.78, 5) is 0. The molecule has 1 aromatic carbocycles. The van der Waals surface area contributed by atoms with Crippen LogP contribution in [-0.4, -0.2) is 23.9 Å². The van der Waals surface area contributed by atoms with Gasteiger partial charge in [0.15, 0.2) is 0 Å². The lowest BCUT2D eigenvalue weighted by atomic mass is 10.2. The van der Waals surface area contributed by atoms with Gasteiger partial charge >= 0.3 is 18.8 Å². The molecular weight excluding hydrogens is 282 g/mol. The van der Waals surface area contributed by atoms with Gasteiger partial charge in [-0.1, -0.05) is 12.1 Å². The van der Waals surface area contributed by atoms with Crippen LogP contribution in [0.2, 0.25) is 0 Å². The highest BCUT2D eigenvalue weighted by Gasteiger charge is 2.50. The summed E-state index contributed by atoms with van der Waals surface area (Å²) in [6, 6.07) is 4.26. The molecule has 0 aliphatic rings. The Labute approximate surface area is 103 Å². The fraction of sp³-hybridized carbons (Fsp3) is 0.400. The molecule has 0 heterocycles. The normalized spacial score (nSPS) is 14.3. The highest BCUT2D eigenvalue weighted by molar-refractivity contribution is 5.27. The molecule has 0 saturated carbocycles. The van der Waals surface area contributed by atoms with Gasteiger partial charge in [-0.2, -0.15) is 8.78 Å². The Morgan fingerprint density at radius 1 is 1.05 bits per heavy atom. The highest BCUT2D eigenvalue weighted by atomic mass is 19.4. The molecule has 1 atom stereocenters. The van der Waals surface area contributed by atoms with Crippen molar-refractivity contribution in [2.24, 2.45) is 0 Å². The van der Waals surface area contributed by atoms with E-state index in [0.29, 0.717) is 5.56 Å². The van der Waals surface area contributed by atoms with Crippen LogP contribution in [-0.2, 0) is 11.3 Å². The lowest BCUT2D eigenvalue weighted by Gasteiger charge is -2.22. The number of hydrogen-bond acceptors (Lipinski definition) is 3. The fourth-order valence-corrected chi connectivity index (χ4v) is 1.05. The Balaban J connectivity index is 2.71. The standard InChI is InChI=1S/C10H8F6O3/c11-8(19-10(14,15)16)9(12,13)18-7-3-1-6(5-17)2-4-7/h1-4,8,17H,5H2. The van der Waals surface area contributed by atoms with Crippen molar-refractivity contribution in [3.8, 4) is 5.75 Å². The molecule has 0 spiro atoms. The zero-order valence-electron chi connectivity index (χ0n) is 9.13. The Hall–Kier alpha value is -1.48. The first-order chi connectivity index (χ1) is 8.64. The van der Waals surface area contributed by atoms with E-state index in [1.807, 2.05) is 0 Å². The monoisotopic (exact) mass is 290 g/mol. The summed E-state index contributed by atoms with van der Waals surface area (Å²) >= 11 is 0. The van der Waals surface area contributed by atoms with Crippen molar-refractivity contribution in [2.75, 3.05) is 0 Å². The zero-order chi connectivity index (χ0) is 14.7. The van der Waals surface area contributed by atoms with E-state index in [2.05, 4.69) is 9.47 Å². The van der Waals surface area contributed by atoms with Gasteiger partial charge in [-0.25, -0.2) is 9.13 Å². The summed E-state index contributed by atoms with van der Waals surface area (Å²) in [5, 5.41) is 8.68. The minimum Gasteiger partial charge on any atom is -0.429 e. The Morgan fingerprint density at radius 2 is 1.58 bits per heavy atom. The molecule has 1 rings (SSSR count). The minimum absolute atomic E-state index is 0.360. The second-order valence-corrected chi connectivity index (χ2v) is 3.35. The topological polar surface area (TPSA) is 38.7 Å². The van der Waals surface area contributed by atoms with Gasteiger partial charge in [-0.05, 0) is 17.7 Å². The molecule has 0 aliphatic carbocycles. The van der Waals surface area contributed by atoms with Crippen LogP contribution in [0, 0.1) is 0 Å². The van der Waals surface area contributed by atoms with E-state index in [-0.39, 0.29) is 6.61 Å². The van der Waals surface area contributed by atoms with Gasteiger partial charge in [0.2, 0.25) is 0 Å². The molecule has 3 nitrogen and oxygen atoms in total. The average Bonchev–Trinajstić information content (AvgIpc) is 2.27. The van der Waals surface area contributed by atoms with Crippen molar-refractivity contribution in [3.63, 3.8) is 0 Å². The van der Waals surface area contributed by atoms with Crippen molar-refractivity contribution in [3.05, 3.63) is 29.8 Å². The molecule has 0 fully saturated rings. The third kappa shape index (κ3) is 4.95. The van der Waals surface area contributed by atoms with Crippen molar-refractivity contribution in [1.82, 2.24) is 0 Å². The summed E-state index contributed by atoms with van der Waals surface area (Å²) < 4.78 is 79.7. The number of benzene rings is 1.